The van der Waals surface area contributed by atoms with Crippen LogP contribution in [0.3, 0.4) is 0 Å². The number of hydrogen-bond donors (Lipinski definition) is 1. The van der Waals surface area contributed by atoms with E-state index in [4.69, 9.17) is 13.9 Å². The maximum absolute atomic E-state index is 13.6. The number of ether oxygens (including phenoxy) is 2. The van der Waals surface area contributed by atoms with Gasteiger partial charge in [-0.25, -0.2) is 9.59 Å². The lowest BCUT2D eigenvalue weighted by Crippen LogP contribution is -2.35. The minimum absolute atomic E-state index is 0.172. The average molecular weight is 498 g/mol. The lowest BCUT2D eigenvalue weighted by Gasteiger charge is -2.19. The highest BCUT2D eigenvalue weighted by Gasteiger charge is 2.44. The number of imidazole rings is 1. The molecule has 6 rings (SSSR count). The van der Waals surface area contributed by atoms with Crippen LogP contribution in [0.5, 0.6) is 11.5 Å². The zero-order valence-corrected chi connectivity index (χ0v) is 20.3. The third-order valence-electron chi connectivity index (χ3n) is 6.93. The molecule has 1 aliphatic rings. The van der Waals surface area contributed by atoms with Crippen molar-refractivity contribution in [3.63, 3.8) is 0 Å². The fraction of sp³-hybridized carbons (Fsp3) is 0.179. The first-order valence-corrected chi connectivity index (χ1v) is 11.7. The van der Waals surface area contributed by atoms with Gasteiger partial charge in [-0.3, -0.25) is 13.9 Å². The van der Waals surface area contributed by atoms with Crippen molar-refractivity contribution in [2.45, 2.75) is 12.0 Å². The first-order chi connectivity index (χ1) is 17.9. The van der Waals surface area contributed by atoms with Gasteiger partial charge in [-0.1, -0.05) is 18.2 Å². The van der Waals surface area contributed by atoms with E-state index in [1.54, 1.807) is 68.2 Å². The fourth-order valence-corrected chi connectivity index (χ4v) is 5.03. The van der Waals surface area contributed by atoms with Gasteiger partial charge in [-0.15, -0.1) is 0 Å². The molecule has 0 spiro atoms. The highest BCUT2D eigenvalue weighted by atomic mass is 16.5. The zero-order valence-electron chi connectivity index (χ0n) is 20.3. The molecule has 1 aliphatic heterocycles. The van der Waals surface area contributed by atoms with Crippen LogP contribution < -0.4 is 26.1 Å². The summed E-state index contributed by atoms with van der Waals surface area (Å²) in [6, 6.07) is 19.4. The Balaban J connectivity index is 1.51. The molecule has 0 saturated heterocycles. The molecule has 2 atom stereocenters. The number of aromatic nitrogens is 2. The number of hydrogen-bond acceptors (Lipinski definition) is 6. The van der Waals surface area contributed by atoms with Gasteiger partial charge in [0.1, 0.15) is 17.1 Å². The molecule has 1 amide bonds. The van der Waals surface area contributed by atoms with Gasteiger partial charge in [0, 0.05) is 19.8 Å². The molecule has 0 saturated carbocycles. The van der Waals surface area contributed by atoms with Crippen LogP contribution in [-0.2, 0) is 18.9 Å². The summed E-state index contributed by atoms with van der Waals surface area (Å²) in [7, 11) is 4.95. The number of fused-ring (bicyclic) bond motifs is 4. The SMILES string of the molecule is COc1ccc(NC(=O)[C@H]2Oc3c(c(=O)oc4ccccc34)[C@@H]2c2ccc3c(c2)n(C)c(=O)n3C)cc1. The molecule has 0 fully saturated rings. The Hall–Kier alpha value is -4.79. The molecule has 3 aromatic carbocycles. The van der Waals surface area contributed by atoms with E-state index >= 15 is 0 Å². The molecule has 3 heterocycles. The lowest BCUT2D eigenvalue weighted by atomic mass is 9.88. The van der Waals surface area contributed by atoms with Crippen molar-refractivity contribution in [3.05, 3.63) is 98.8 Å². The number of anilines is 1. The number of carbonyl (C=O) groups excluding carboxylic acids is 1. The number of rotatable bonds is 4. The predicted molar refractivity (Wildman–Crippen MR) is 139 cm³/mol. The van der Waals surface area contributed by atoms with Crippen molar-refractivity contribution >= 4 is 33.6 Å². The summed E-state index contributed by atoms with van der Waals surface area (Å²) in [5.41, 5.74) is 2.54. The summed E-state index contributed by atoms with van der Waals surface area (Å²) >= 11 is 0. The van der Waals surface area contributed by atoms with Crippen molar-refractivity contribution < 1.29 is 18.7 Å². The summed E-state index contributed by atoms with van der Waals surface area (Å²) in [5, 5.41) is 3.49. The number of aryl methyl sites for hydroxylation is 2. The van der Waals surface area contributed by atoms with E-state index in [-0.39, 0.29) is 11.3 Å². The van der Waals surface area contributed by atoms with Crippen LogP contribution in [0.4, 0.5) is 5.69 Å². The Morgan fingerprint density at radius 2 is 1.68 bits per heavy atom. The largest absolute Gasteiger partial charge is 0.497 e. The molecule has 37 heavy (non-hydrogen) atoms. The molecule has 0 radical (unpaired) electrons. The summed E-state index contributed by atoms with van der Waals surface area (Å²) in [5.74, 6) is -0.189. The Bertz CT molecular complexity index is 1810. The first-order valence-electron chi connectivity index (χ1n) is 11.7. The molecule has 9 heteroatoms. The second kappa shape index (κ2) is 8.41. The summed E-state index contributed by atoms with van der Waals surface area (Å²) in [6.45, 7) is 0. The van der Waals surface area contributed by atoms with Crippen molar-refractivity contribution in [2.75, 3.05) is 12.4 Å². The van der Waals surface area contributed by atoms with Gasteiger partial charge in [-0.2, -0.15) is 0 Å². The van der Waals surface area contributed by atoms with Gasteiger partial charge in [0.2, 0.25) is 0 Å². The van der Waals surface area contributed by atoms with E-state index in [0.29, 0.717) is 39.2 Å². The molecule has 9 nitrogen and oxygen atoms in total. The second-order valence-electron chi connectivity index (χ2n) is 9.01. The quantitative estimate of drug-likeness (QED) is 0.381. The molecular weight excluding hydrogens is 474 g/mol. The van der Waals surface area contributed by atoms with Gasteiger partial charge in [0.25, 0.3) is 5.91 Å². The number of methoxy groups -OCH3 is 1. The van der Waals surface area contributed by atoms with Crippen LogP contribution in [0, 0.1) is 0 Å². The molecule has 0 unspecified atom stereocenters. The number of benzene rings is 3. The molecule has 0 bridgehead atoms. The van der Waals surface area contributed by atoms with Crippen LogP contribution in [-0.4, -0.2) is 28.3 Å². The molecule has 0 aliphatic carbocycles. The van der Waals surface area contributed by atoms with Crippen molar-refractivity contribution in [3.8, 4) is 11.5 Å². The molecule has 186 valence electrons. The number of amides is 1. The van der Waals surface area contributed by atoms with Crippen LogP contribution in [0.2, 0.25) is 0 Å². The highest BCUT2D eigenvalue weighted by molar-refractivity contribution is 5.98. The lowest BCUT2D eigenvalue weighted by molar-refractivity contribution is -0.122. The normalized spacial score (nSPS) is 16.5. The van der Waals surface area contributed by atoms with Crippen LogP contribution >= 0.6 is 0 Å². The molecular formula is C28H23N3O6. The third-order valence-corrected chi connectivity index (χ3v) is 6.93. The van der Waals surface area contributed by atoms with Gasteiger partial charge < -0.3 is 19.2 Å². The molecule has 5 aromatic rings. The van der Waals surface area contributed by atoms with Crippen LogP contribution in [0.1, 0.15) is 17.0 Å². The van der Waals surface area contributed by atoms with Gasteiger partial charge >= 0.3 is 11.3 Å². The van der Waals surface area contributed by atoms with Crippen LogP contribution in [0.25, 0.3) is 22.0 Å². The number of nitrogens with zero attached hydrogens (tertiary/aromatic N) is 2. The summed E-state index contributed by atoms with van der Waals surface area (Å²) in [4.78, 5) is 39.3. The summed E-state index contributed by atoms with van der Waals surface area (Å²) < 4.78 is 20.1. The minimum atomic E-state index is -1.05. The first kappa shape index (κ1) is 22.7. The highest BCUT2D eigenvalue weighted by Crippen LogP contribution is 2.45. The molecule has 2 aromatic heterocycles. The Kier molecular flexibility index (Phi) is 5.15. The van der Waals surface area contributed by atoms with Crippen LogP contribution in [0.15, 0.2) is 80.7 Å². The van der Waals surface area contributed by atoms with Gasteiger partial charge in [0.15, 0.2) is 6.10 Å². The van der Waals surface area contributed by atoms with Crippen molar-refractivity contribution in [2.24, 2.45) is 14.1 Å². The Morgan fingerprint density at radius 1 is 0.946 bits per heavy atom. The standard InChI is InChI=1S/C28H23N3O6/c1-30-19-13-8-15(14-20(19)31(2)28(30)34)22-23-24(18-6-4-5-7-21(18)36-27(23)33)37-25(22)26(32)29-16-9-11-17(35-3)12-10-16/h4-14,22,25H,1-3H3,(H,29,32)/t22-,25-/m0/s1. The van der Waals surface area contributed by atoms with E-state index in [0.717, 1.165) is 5.52 Å². The zero-order chi connectivity index (χ0) is 25.8. The monoisotopic (exact) mass is 497 g/mol. The van der Waals surface area contributed by atoms with Gasteiger partial charge in [0.05, 0.1) is 35.0 Å². The van der Waals surface area contributed by atoms with E-state index in [1.807, 2.05) is 24.3 Å². The Morgan fingerprint density at radius 3 is 2.43 bits per heavy atom. The number of carbonyl (C=O) groups is 1. The number of nitrogens with one attached hydrogen (secondary N) is 1. The van der Waals surface area contributed by atoms with E-state index in [1.165, 1.54) is 4.57 Å². The Labute approximate surface area is 210 Å². The smallest absolute Gasteiger partial charge is 0.344 e. The summed E-state index contributed by atoms with van der Waals surface area (Å²) in [6.07, 6.45) is -1.05. The van der Waals surface area contributed by atoms with E-state index in [9.17, 15) is 14.4 Å². The van der Waals surface area contributed by atoms with Crippen molar-refractivity contribution in [1.82, 2.24) is 9.13 Å². The number of para-hydroxylation sites is 1. The molecule has 1 N–H and O–H groups in total. The predicted octanol–water partition coefficient (Wildman–Crippen LogP) is 3.52. The minimum Gasteiger partial charge on any atom is -0.497 e. The van der Waals surface area contributed by atoms with Gasteiger partial charge in [-0.05, 0) is 54.1 Å². The fourth-order valence-electron chi connectivity index (χ4n) is 5.03. The maximum atomic E-state index is 13.6. The average Bonchev–Trinajstić information content (AvgIpc) is 3.42. The topological polar surface area (TPSA) is 105 Å². The maximum Gasteiger partial charge on any atom is 0.344 e. The van der Waals surface area contributed by atoms with Crippen molar-refractivity contribution in [1.29, 1.82) is 0 Å². The van der Waals surface area contributed by atoms with E-state index in [2.05, 4.69) is 5.32 Å². The third kappa shape index (κ3) is 3.50. The van der Waals surface area contributed by atoms with E-state index < -0.39 is 23.6 Å². The second-order valence-corrected chi connectivity index (χ2v) is 9.01.